The number of rotatable bonds is 4. The van der Waals surface area contributed by atoms with E-state index in [2.05, 4.69) is 10.1 Å². The largest absolute Gasteiger partial charge is 0.493 e. The van der Waals surface area contributed by atoms with E-state index in [1.54, 1.807) is 32.4 Å². The molecule has 1 aromatic carbocycles. The fraction of sp³-hybridized carbons (Fsp3) is 0.429. The number of hydrogen-bond donors (Lipinski definition) is 0. The molecule has 118 valence electrons. The summed E-state index contributed by atoms with van der Waals surface area (Å²) >= 11 is 0. The van der Waals surface area contributed by atoms with Crippen molar-refractivity contribution in [3.05, 3.63) is 24.1 Å². The van der Waals surface area contributed by atoms with Crippen LogP contribution in [0.15, 0.2) is 22.7 Å². The van der Waals surface area contributed by atoms with E-state index in [0.717, 1.165) is 0 Å². The van der Waals surface area contributed by atoms with Crippen LogP contribution in [0.4, 0.5) is 0 Å². The van der Waals surface area contributed by atoms with Gasteiger partial charge in [0.05, 0.1) is 31.6 Å². The van der Waals surface area contributed by atoms with Gasteiger partial charge >= 0.3 is 0 Å². The fourth-order valence-electron chi connectivity index (χ4n) is 2.48. The molecule has 1 saturated heterocycles. The maximum Gasteiger partial charge on any atom is 0.231 e. The third-order valence-electron chi connectivity index (χ3n) is 3.67. The highest BCUT2D eigenvalue weighted by Crippen LogP contribution is 2.33. The molecule has 1 aliphatic heterocycles. The standard InChI is InChI=1S/C14H16N2O5S/c1-19-11-4-3-9(7-12(11)20-2)13-15-14(21-16-13)10-5-6-22(17,18)8-10/h3-4,7,10H,5-6,8H2,1-2H3. The Kier molecular flexibility index (Phi) is 3.78. The number of methoxy groups -OCH3 is 2. The molecule has 0 amide bonds. The second-order valence-electron chi connectivity index (χ2n) is 5.13. The summed E-state index contributed by atoms with van der Waals surface area (Å²) in [5.41, 5.74) is 0.716. The lowest BCUT2D eigenvalue weighted by Crippen LogP contribution is -2.03. The topological polar surface area (TPSA) is 91.5 Å². The fourth-order valence-corrected chi connectivity index (χ4v) is 4.22. The maximum absolute atomic E-state index is 11.5. The third kappa shape index (κ3) is 2.78. The Morgan fingerprint density at radius 1 is 1.23 bits per heavy atom. The van der Waals surface area contributed by atoms with Gasteiger partial charge in [-0.15, -0.1) is 0 Å². The van der Waals surface area contributed by atoms with E-state index in [9.17, 15) is 8.42 Å². The van der Waals surface area contributed by atoms with Gasteiger partial charge in [-0.3, -0.25) is 0 Å². The average molecular weight is 324 g/mol. The van der Waals surface area contributed by atoms with Gasteiger partial charge in [-0.2, -0.15) is 4.98 Å². The van der Waals surface area contributed by atoms with Crippen LogP contribution in [-0.4, -0.2) is 44.3 Å². The maximum atomic E-state index is 11.5. The van der Waals surface area contributed by atoms with E-state index in [-0.39, 0.29) is 17.4 Å². The minimum Gasteiger partial charge on any atom is -0.493 e. The molecule has 2 aromatic rings. The van der Waals surface area contributed by atoms with Gasteiger partial charge in [-0.1, -0.05) is 5.16 Å². The lowest BCUT2D eigenvalue weighted by Gasteiger charge is -2.07. The van der Waals surface area contributed by atoms with E-state index < -0.39 is 9.84 Å². The minimum absolute atomic E-state index is 0.0700. The molecular weight excluding hydrogens is 308 g/mol. The Labute approximate surface area is 128 Å². The molecule has 1 atom stereocenters. The van der Waals surface area contributed by atoms with Crippen molar-refractivity contribution < 1.29 is 22.4 Å². The number of aromatic nitrogens is 2. The van der Waals surface area contributed by atoms with Crippen LogP contribution in [0, 0.1) is 0 Å². The lowest BCUT2D eigenvalue weighted by atomic mass is 10.1. The molecule has 1 fully saturated rings. The molecule has 1 unspecified atom stereocenters. The SMILES string of the molecule is COc1ccc(-c2noc(C3CCS(=O)(=O)C3)n2)cc1OC. The molecule has 22 heavy (non-hydrogen) atoms. The van der Waals surface area contributed by atoms with Crippen molar-refractivity contribution in [1.29, 1.82) is 0 Å². The van der Waals surface area contributed by atoms with Crippen molar-refractivity contribution >= 4 is 9.84 Å². The molecule has 0 spiro atoms. The van der Waals surface area contributed by atoms with Crippen LogP contribution in [0.1, 0.15) is 18.2 Å². The Morgan fingerprint density at radius 2 is 2.00 bits per heavy atom. The molecule has 3 rings (SSSR count). The van der Waals surface area contributed by atoms with E-state index >= 15 is 0 Å². The number of nitrogens with zero attached hydrogens (tertiary/aromatic N) is 2. The highest BCUT2D eigenvalue weighted by Gasteiger charge is 2.33. The molecule has 8 heteroatoms. The van der Waals surface area contributed by atoms with Crippen molar-refractivity contribution in [2.24, 2.45) is 0 Å². The van der Waals surface area contributed by atoms with Crippen molar-refractivity contribution in [3.8, 4) is 22.9 Å². The summed E-state index contributed by atoms with van der Waals surface area (Å²) in [6, 6.07) is 5.30. The van der Waals surface area contributed by atoms with Gasteiger partial charge in [0.2, 0.25) is 11.7 Å². The summed E-state index contributed by atoms with van der Waals surface area (Å²) in [5.74, 6) is 1.97. The second-order valence-corrected chi connectivity index (χ2v) is 7.35. The Balaban J connectivity index is 1.88. The van der Waals surface area contributed by atoms with Crippen LogP contribution in [-0.2, 0) is 9.84 Å². The molecule has 0 aliphatic carbocycles. The molecule has 0 N–H and O–H groups in total. The van der Waals surface area contributed by atoms with E-state index in [0.29, 0.717) is 35.2 Å². The van der Waals surface area contributed by atoms with Gasteiger partial charge < -0.3 is 14.0 Å². The Morgan fingerprint density at radius 3 is 2.64 bits per heavy atom. The van der Waals surface area contributed by atoms with Crippen LogP contribution in [0.5, 0.6) is 11.5 Å². The monoisotopic (exact) mass is 324 g/mol. The summed E-state index contributed by atoms with van der Waals surface area (Å²) in [4.78, 5) is 4.32. The van der Waals surface area contributed by atoms with Crippen molar-refractivity contribution in [2.75, 3.05) is 25.7 Å². The van der Waals surface area contributed by atoms with Crippen molar-refractivity contribution in [2.45, 2.75) is 12.3 Å². The molecule has 1 aromatic heterocycles. The average Bonchev–Trinajstić information content (AvgIpc) is 3.13. The summed E-state index contributed by atoms with van der Waals surface area (Å²) in [6.07, 6.45) is 0.524. The predicted molar refractivity (Wildman–Crippen MR) is 78.8 cm³/mol. The predicted octanol–water partition coefficient (Wildman–Crippen LogP) is 1.66. The number of benzene rings is 1. The summed E-state index contributed by atoms with van der Waals surface area (Å²) in [6.45, 7) is 0. The number of ether oxygens (including phenoxy) is 2. The highest BCUT2D eigenvalue weighted by atomic mass is 32.2. The first-order valence-corrected chi connectivity index (χ1v) is 8.61. The lowest BCUT2D eigenvalue weighted by molar-refractivity contribution is 0.354. The van der Waals surface area contributed by atoms with Gasteiger partial charge in [-0.25, -0.2) is 8.42 Å². The first-order valence-electron chi connectivity index (χ1n) is 6.79. The summed E-state index contributed by atoms with van der Waals surface area (Å²) < 4.78 is 38.7. The van der Waals surface area contributed by atoms with Crippen LogP contribution < -0.4 is 9.47 Å². The molecular formula is C14H16N2O5S. The first kappa shape index (κ1) is 14.8. The van der Waals surface area contributed by atoms with Crippen LogP contribution in [0.3, 0.4) is 0 Å². The molecule has 0 radical (unpaired) electrons. The molecule has 7 nitrogen and oxygen atoms in total. The van der Waals surface area contributed by atoms with E-state index in [4.69, 9.17) is 14.0 Å². The van der Waals surface area contributed by atoms with Crippen molar-refractivity contribution in [3.63, 3.8) is 0 Å². The van der Waals surface area contributed by atoms with Gasteiger partial charge in [-0.05, 0) is 24.6 Å². The van der Waals surface area contributed by atoms with Gasteiger partial charge in [0.25, 0.3) is 0 Å². The van der Waals surface area contributed by atoms with Crippen LogP contribution in [0.2, 0.25) is 0 Å². The van der Waals surface area contributed by atoms with Gasteiger partial charge in [0.1, 0.15) is 0 Å². The van der Waals surface area contributed by atoms with Gasteiger partial charge in [0, 0.05) is 5.56 Å². The number of sulfone groups is 1. The van der Waals surface area contributed by atoms with E-state index in [1.165, 1.54) is 0 Å². The zero-order valence-electron chi connectivity index (χ0n) is 12.3. The van der Waals surface area contributed by atoms with Crippen LogP contribution >= 0.6 is 0 Å². The third-order valence-corrected chi connectivity index (χ3v) is 5.43. The smallest absolute Gasteiger partial charge is 0.231 e. The molecule has 0 saturated carbocycles. The summed E-state index contributed by atoms with van der Waals surface area (Å²) in [5, 5.41) is 3.93. The first-order chi connectivity index (χ1) is 10.5. The zero-order valence-corrected chi connectivity index (χ0v) is 13.1. The Bertz CT molecular complexity index is 784. The van der Waals surface area contributed by atoms with E-state index in [1.807, 2.05) is 0 Å². The molecule has 0 bridgehead atoms. The molecule has 2 heterocycles. The highest BCUT2D eigenvalue weighted by molar-refractivity contribution is 7.91. The van der Waals surface area contributed by atoms with Gasteiger partial charge in [0.15, 0.2) is 21.3 Å². The minimum atomic E-state index is -2.98. The second kappa shape index (κ2) is 5.60. The number of hydrogen-bond acceptors (Lipinski definition) is 7. The quantitative estimate of drug-likeness (QED) is 0.844. The summed E-state index contributed by atoms with van der Waals surface area (Å²) in [7, 11) is 0.125. The van der Waals surface area contributed by atoms with Crippen molar-refractivity contribution in [1.82, 2.24) is 10.1 Å². The normalized spacial score (nSPS) is 20.0. The molecule has 1 aliphatic rings. The van der Waals surface area contributed by atoms with Crippen LogP contribution in [0.25, 0.3) is 11.4 Å². The Hall–Kier alpha value is -2.09. The zero-order chi connectivity index (χ0) is 15.7.